The lowest BCUT2D eigenvalue weighted by Gasteiger charge is -2.14. The van der Waals surface area contributed by atoms with Crippen LogP contribution in [0.4, 0.5) is 11.6 Å². The van der Waals surface area contributed by atoms with E-state index in [0.29, 0.717) is 6.04 Å². The summed E-state index contributed by atoms with van der Waals surface area (Å²) < 4.78 is 0. The molecule has 0 radical (unpaired) electrons. The van der Waals surface area contributed by atoms with E-state index in [2.05, 4.69) is 40.7 Å². The van der Waals surface area contributed by atoms with Gasteiger partial charge in [-0.15, -0.1) is 0 Å². The minimum atomic E-state index is 0.441. The summed E-state index contributed by atoms with van der Waals surface area (Å²) in [5, 5.41) is 6.64. The van der Waals surface area contributed by atoms with Gasteiger partial charge in [-0.25, -0.2) is 9.97 Å². The normalized spacial score (nSPS) is 12.2. The Balaban J connectivity index is 2.47. The number of aromatic nitrogens is 2. The van der Waals surface area contributed by atoms with E-state index in [1.165, 1.54) is 5.75 Å². The smallest absolute Gasteiger partial charge is 0.131 e. The second-order valence-corrected chi connectivity index (χ2v) is 5.03. The van der Waals surface area contributed by atoms with E-state index < -0.39 is 0 Å². The molecular weight excluding hydrogens is 232 g/mol. The second-order valence-electron chi connectivity index (χ2n) is 4.04. The molecule has 0 spiro atoms. The fraction of sp³-hybridized carbons (Fsp3) is 0.667. The van der Waals surface area contributed by atoms with Crippen LogP contribution in [-0.2, 0) is 0 Å². The highest BCUT2D eigenvalue weighted by molar-refractivity contribution is 7.98. The zero-order chi connectivity index (χ0) is 12.5. The van der Waals surface area contributed by atoms with Gasteiger partial charge in [0.25, 0.3) is 0 Å². The Morgan fingerprint density at radius 1 is 1.35 bits per heavy atom. The molecule has 0 aliphatic heterocycles. The maximum Gasteiger partial charge on any atom is 0.131 e. The monoisotopic (exact) mass is 254 g/mol. The van der Waals surface area contributed by atoms with Crippen LogP contribution in [0.15, 0.2) is 12.4 Å². The van der Waals surface area contributed by atoms with Crippen LogP contribution in [0.5, 0.6) is 0 Å². The highest BCUT2D eigenvalue weighted by Crippen LogP contribution is 2.11. The summed E-state index contributed by atoms with van der Waals surface area (Å²) in [4.78, 5) is 8.41. The highest BCUT2D eigenvalue weighted by atomic mass is 32.2. The van der Waals surface area contributed by atoms with Gasteiger partial charge in [0.05, 0.1) is 0 Å². The maximum absolute atomic E-state index is 4.23. The number of nitrogens with zero attached hydrogens (tertiary/aromatic N) is 2. The zero-order valence-electron chi connectivity index (χ0n) is 10.9. The van der Waals surface area contributed by atoms with Crippen molar-refractivity contribution < 1.29 is 0 Å². The lowest BCUT2D eigenvalue weighted by atomic mass is 10.2. The first-order valence-electron chi connectivity index (χ1n) is 6.07. The molecule has 96 valence electrons. The van der Waals surface area contributed by atoms with Gasteiger partial charge in [-0.3, -0.25) is 0 Å². The Hall–Kier alpha value is -0.970. The average Bonchev–Trinajstić information content (AvgIpc) is 2.34. The van der Waals surface area contributed by atoms with Crippen molar-refractivity contribution in [1.29, 1.82) is 0 Å². The first-order chi connectivity index (χ1) is 8.26. The van der Waals surface area contributed by atoms with E-state index in [4.69, 9.17) is 0 Å². The maximum atomic E-state index is 4.23. The summed E-state index contributed by atoms with van der Waals surface area (Å²) in [6.45, 7) is 5.26. The molecule has 1 rings (SSSR count). The van der Waals surface area contributed by atoms with E-state index in [-0.39, 0.29) is 0 Å². The standard InChI is InChI=1S/C12H22N4S/c1-4-6-13-11-8-12(15-9-14-11)16-10(2)5-7-17-3/h8-10H,4-7H2,1-3H3,(H2,13,14,15,16). The number of thioether (sulfide) groups is 1. The van der Waals surface area contributed by atoms with Crippen LogP contribution in [0.1, 0.15) is 26.7 Å². The summed E-state index contributed by atoms with van der Waals surface area (Å²) in [7, 11) is 0. The molecule has 0 aliphatic carbocycles. The summed E-state index contributed by atoms with van der Waals surface area (Å²) in [6, 6.07) is 2.40. The largest absolute Gasteiger partial charge is 0.370 e. The molecule has 1 atom stereocenters. The topological polar surface area (TPSA) is 49.8 Å². The summed E-state index contributed by atoms with van der Waals surface area (Å²) in [6.07, 6.45) is 5.96. The molecule has 1 aromatic heterocycles. The molecule has 0 amide bonds. The molecule has 0 saturated heterocycles. The van der Waals surface area contributed by atoms with Crippen molar-refractivity contribution in [3.8, 4) is 0 Å². The van der Waals surface area contributed by atoms with Crippen LogP contribution in [0, 0.1) is 0 Å². The Bertz CT molecular complexity index is 319. The molecule has 0 aliphatic rings. The third-order valence-electron chi connectivity index (χ3n) is 2.37. The summed E-state index contributed by atoms with van der Waals surface area (Å²) in [5.41, 5.74) is 0. The SMILES string of the molecule is CCCNc1cc(NC(C)CCSC)ncn1. The van der Waals surface area contributed by atoms with E-state index in [1.54, 1.807) is 6.33 Å². The first kappa shape index (κ1) is 14.1. The van der Waals surface area contributed by atoms with Crippen molar-refractivity contribution in [1.82, 2.24) is 9.97 Å². The third-order valence-corrected chi connectivity index (χ3v) is 3.02. The van der Waals surface area contributed by atoms with Crippen molar-refractivity contribution in [2.24, 2.45) is 0 Å². The number of rotatable bonds is 8. The van der Waals surface area contributed by atoms with Gasteiger partial charge < -0.3 is 10.6 Å². The molecule has 0 aromatic carbocycles. The lowest BCUT2D eigenvalue weighted by molar-refractivity contribution is 0.766. The van der Waals surface area contributed by atoms with Gasteiger partial charge in [0.1, 0.15) is 18.0 Å². The first-order valence-corrected chi connectivity index (χ1v) is 7.47. The Kier molecular flexibility index (Phi) is 6.77. The predicted octanol–water partition coefficient (Wildman–Crippen LogP) is 2.85. The summed E-state index contributed by atoms with van der Waals surface area (Å²) >= 11 is 1.87. The molecule has 0 saturated carbocycles. The molecule has 5 heteroatoms. The lowest BCUT2D eigenvalue weighted by Crippen LogP contribution is -2.17. The number of hydrogen-bond donors (Lipinski definition) is 2. The minimum Gasteiger partial charge on any atom is -0.370 e. The van der Waals surface area contributed by atoms with Gasteiger partial charge in [0.2, 0.25) is 0 Å². The van der Waals surface area contributed by atoms with E-state index in [1.807, 2.05) is 17.8 Å². The van der Waals surface area contributed by atoms with Gasteiger partial charge >= 0.3 is 0 Å². The number of anilines is 2. The van der Waals surface area contributed by atoms with Crippen LogP contribution in [0.3, 0.4) is 0 Å². The van der Waals surface area contributed by atoms with E-state index in [0.717, 1.165) is 31.0 Å². The third kappa shape index (κ3) is 5.77. The number of nitrogens with one attached hydrogen (secondary N) is 2. The number of hydrogen-bond acceptors (Lipinski definition) is 5. The molecular formula is C12H22N4S. The van der Waals surface area contributed by atoms with Gasteiger partial charge in [0.15, 0.2) is 0 Å². The highest BCUT2D eigenvalue weighted by Gasteiger charge is 2.03. The molecule has 0 fully saturated rings. The zero-order valence-corrected chi connectivity index (χ0v) is 11.7. The Morgan fingerprint density at radius 2 is 2.12 bits per heavy atom. The van der Waals surface area contributed by atoms with Gasteiger partial charge in [-0.2, -0.15) is 11.8 Å². The van der Waals surface area contributed by atoms with Crippen molar-refractivity contribution in [3.63, 3.8) is 0 Å². The average molecular weight is 254 g/mol. The Labute approximate surface area is 108 Å². The minimum absolute atomic E-state index is 0.441. The predicted molar refractivity (Wildman–Crippen MR) is 76.9 cm³/mol. The van der Waals surface area contributed by atoms with Crippen LogP contribution in [-0.4, -0.2) is 34.6 Å². The van der Waals surface area contributed by atoms with Crippen molar-refractivity contribution in [3.05, 3.63) is 12.4 Å². The van der Waals surface area contributed by atoms with Crippen molar-refractivity contribution >= 4 is 23.4 Å². The van der Waals surface area contributed by atoms with Crippen LogP contribution < -0.4 is 10.6 Å². The second kappa shape index (κ2) is 8.17. The quantitative estimate of drug-likeness (QED) is 0.747. The summed E-state index contributed by atoms with van der Waals surface area (Å²) in [5.74, 6) is 2.95. The fourth-order valence-corrected chi connectivity index (χ4v) is 1.99. The van der Waals surface area contributed by atoms with E-state index in [9.17, 15) is 0 Å². The molecule has 1 unspecified atom stereocenters. The van der Waals surface area contributed by atoms with Gasteiger partial charge in [0, 0.05) is 18.7 Å². The van der Waals surface area contributed by atoms with Crippen LogP contribution >= 0.6 is 11.8 Å². The molecule has 1 aromatic rings. The van der Waals surface area contributed by atoms with E-state index >= 15 is 0 Å². The van der Waals surface area contributed by atoms with Crippen molar-refractivity contribution in [2.75, 3.05) is 29.2 Å². The van der Waals surface area contributed by atoms with Gasteiger partial charge in [-0.05, 0) is 31.8 Å². The molecule has 2 N–H and O–H groups in total. The van der Waals surface area contributed by atoms with Gasteiger partial charge in [-0.1, -0.05) is 6.92 Å². The van der Waals surface area contributed by atoms with Crippen LogP contribution in [0.2, 0.25) is 0 Å². The Morgan fingerprint density at radius 3 is 2.82 bits per heavy atom. The molecule has 17 heavy (non-hydrogen) atoms. The molecule has 0 bridgehead atoms. The van der Waals surface area contributed by atoms with Crippen LogP contribution in [0.25, 0.3) is 0 Å². The fourth-order valence-electron chi connectivity index (χ4n) is 1.41. The molecule has 1 heterocycles. The van der Waals surface area contributed by atoms with Crippen molar-refractivity contribution in [2.45, 2.75) is 32.7 Å². The molecule has 4 nitrogen and oxygen atoms in total.